The second-order valence-corrected chi connectivity index (χ2v) is 4.34. The van der Waals surface area contributed by atoms with E-state index in [1.807, 2.05) is 31.2 Å². The number of para-hydroxylation sites is 1. The first-order valence-corrected chi connectivity index (χ1v) is 5.98. The third kappa shape index (κ3) is 4.36. The second-order valence-electron chi connectivity index (χ2n) is 4.34. The molecule has 0 saturated heterocycles. The van der Waals surface area contributed by atoms with Crippen LogP contribution in [0.15, 0.2) is 24.3 Å². The minimum Gasteiger partial charge on any atom is -0.496 e. The molecule has 3 nitrogen and oxygen atoms in total. The lowest BCUT2D eigenvalue weighted by molar-refractivity contribution is 0.0882. The van der Waals surface area contributed by atoms with E-state index in [1.165, 1.54) is 0 Å². The molecule has 3 heteroatoms. The van der Waals surface area contributed by atoms with E-state index in [0.29, 0.717) is 13.0 Å². The molecule has 2 atom stereocenters. The van der Waals surface area contributed by atoms with Gasteiger partial charge in [-0.3, -0.25) is 0 Å². The van der Waals surface area contributed by atoms with E-state index >= 15 is 0 Å². The molecule has 2 unspecified atom stereocenters. The van der Waals surface area contributed by atoms with Gasteiger partial charge in [0.15, 0.2) is 0 Å². The molecule has 1 aromatic carbocycles. The van der Waals surface area contributed by atoms with Crippen LogP contribution in [0.1, 0.15) is 18.9 Å². The Labute approximate surface area is 103 Å². The summed E-state index contributed by atoms with van der Waals surface area (Å²) in [6, 6.07) is 7.81. The van der Waals surface area contributed by atoms with E-state index in [4.69, 9.17) is 9.47 Å². The Hall–Kier alpha value is -1.06. The van der Waals surface area contributed by atoms with Crippen LogP contribution in [0, 0.1) is 5.92 Å². The van der Waals surface area contributed by atoms with Crippen molar-refractivity contribution in [3.63, 3.8) is 0 Å². The minimum atomic E-state index is -0.360. The van der Waals surface area contributed by atoms with Gasteiger partial charge in [-0.2, -0.15) is 0 Å². The fourth-order valence-electron chi connectivity index (χ4n) is 1.79. The molecule has 0 amide bonds. The zero-order chi connectivity index (χ0) is 12.7. The van der Waals surface area contributed by atoms with Gasteiger partial charge in [-0.1, -0.05) is 25.1 Å². The highest BCUT2D eigenvalue weighted by Gasteiger charge is 2.16. The van der Waals surface area contributed by atoms with Crippen LogP contribution in [0.4, 0.5) is 0 Å². The second kappa shape index (κ2) is 7.30. The third-order valence-corrected chi connectivity index (χ3v) is 3.06. The smallest absolute Gasteiger partial charge is 0.122 e. The number of hydrogen-bond donors (Lipinski definition) is 1. The predicted octanol–water partition coefficient (Wildman–Crippen LogP) is 2.27. The maximum Gasteiger partial charge on any atom is 0.122 e. The Morgan fingerprint density at radius 2 is 1.94 bits per heavy atom. The first kappa shape index (κ1) is 14.0. The van der Waals surface area contributed by atoms with Gasteiger partial charge in [0.2, 0.25) is 0 Å². The highest BCUT2D eigenvalue weighted by Crippen LogP contribution is 2.21. The van der Waals surface area contributed by atoms with Crippen LogP contribution >= 0.6 is 0 Å². The summed E-state index contributed by atoms with van der Waals surface area (Å²) < 4.78 is 10.3. The molecule has 0 bridgehead atoms. The summed E-state index contributed by atoms with van der Waals surface area (Å²) in [6.45, 7) is 2.73. The molecule has 0 heterocycles. The average molecular weight is 238 g/mol. The maximum absolute atomic E-state index is 10.1. The molecule has 1 rings (SSSR count). The highest BCUT2D eigenvalue weighted by molar-refractivity contribution is 5.33. The summed E-state index contributed by atoms with van der Waals surface area (Å²) >= 11 is 0. The van der Waals surface area contributed by atoms with Gasteiger partial charge >= 0.3 is 0 Å². The number of hydrogen-bond acceptors (Lipinski definition) is 3. The fourth-order valence-corrected chi connectivity index (χ4v) is 1.79. The molecule has 0 radical (unpaired) electrons. The van der Waals surface area contributed by atoms with Gasteiger partial charge < -0.3 is 14.6 Å². The van der Waals surface area contributed by atoms with Gasteiger partial charge in [-0.15, -0.1) is 0 Å². The topological polar surface area (TPSA) is 38.7 Å². The predicted molar refractivity (Wildman–Crippen MR) is 68.4 cm³/mol. The standard InChI is InChI=1S/C14H22O3/c1-11(8-9-16-2)13(15)10-12-6-4-5-7-14(12)17-3/h4-7,11,13,15H,8-10H2,1-3H3. The zero-order valence-corrected chi connectivity index (χ0v) is 10.8. The summed E-state index contributed by atoms with van der Waals surface area (Å²) in [5.41, 5.74) is 1.05. The Kier molecular flexibility index (Phi) is 6.01. The molecule has 1 N–H and O–H groups in total. The quantitative estimate of drug-likeness (QED) is 0.792. The number of aliphatic hydroxyl groups is 1. The summed E-state index contributed by atoms with van der Waals surface area (Å²) in [6.07, 6.45) is 1.13. The monoisotopic (exact) mass is 238 g/mol. The Bertz CT molecular complexity index is 325. The van der Waals surface area contributed by atoms with Crippen molar-refractivity contribution in [2.75, 3.05) is 20.8 Å². The molecule has 17 heavy (non-hydrogen) atoms. The van der Waals surface area contributed by atoms with Crippen molar-refractivity contribution in [1.82, 2.24) is 0 Å². The SMILES string of the molecule is COCCC(C)C(O)Cc1ccccc1OC. The largest absolute Gasteiger partial charge is 0.496 e. The molecular formula is C14H22O3. The van der Waals surface area contributed by atoms with E-state index in [0.717, 1.165) is 17.7 Å². The molecule has 0 aliphatic carbocycles. The molecular weight excluding hydrogens is 216 g/mol. The molecule has 0 fully saturated rings. The van der Waals surface area contributed by atoms with Crippen LogP contribution in [0.3, 0.4) is 0 Å². The van der Waals surface area contributed by atoms with Crippen molar-refractivity contribution in [3.05, 3.63) is 29.8 Å². The first-order valence-electron chi connectivity index (χ1n) is 5.98. The van der Waals surface area contributed by atoms with Crippen molar-refractivity contribution in [3.8, 4) is 5.75 Å². The number of rotatable bonds is 7. The zero-order valence-electron chi connectivity index (χ0n) is 10.8. The molecule has 0 saturated carbocycles. The number of benzene rings is 1. The van der Waals surface area contributed by atoms with Gasteiger partial charge in [0.05, 0.1) is 13.2 Å². The lowest BCUT2D eigenvalue weighted by Gasteiger charge is -2.19. The Balaban J connectivity index is 2.57. The summed E-state index contributed by atoms with van der Waals surface area (Å²) in [5, 5.41) is 10.1. The van der Waals surface area contributed by atoms with Crippen LogP contribution in [-0.2, 0) is 11.2 Å². The molecule has 1 aromatic rings. The minimum absolute atomic E-state index is 0.222. The van der Waals surface area contributed by atoms with Crippen LogP contribution < -0.4 is 4.74 Å². The molecule has 96 valence electrons. The van der Waals surface area contributed by atoms with Crippen molar-refractivity contribution in [2.45, 2.75) is 25.9 Å². The van der Waals surface area contributed by atoms with Crippen molar-refractivity contribution >= 4 is 0 Å². The van der Waals surface area contributed by atoms with Gasteiger partial charge in [0.25, 0.3) is 0 Å². The fraction of sp³-hybridized carbons (Fsp3) is 0.571. The molecule has 0 aliphatic heterocycles. The maximum atomic E-state index is 10.1. The number of methoxy groups -OCH3 is 2. The average Bonchev–Trinajstić information content (AvgIpc) is 2.36. The Morgan fingerprint density at radius 3 is 2.59 bits per heavy atom. The van der Waals surface area contributed by atoms with Crippen LogP contribution in [0.25, 0.3) is 0 Å². The summed E-state index contributed by atoms with van der Waals surface area (Å²) in [7, 11) is 3.33. The van der Waals surface area contributed by atoms with Gasteiger partial charge in [0.1, 0.15) is 5.75 Å². The van der Waals surface area contributed by atoms with Crippen LogP contribution in [0.5, 0.6) is 5.75 Å². The Morgan fingerprint density at radius 1 is 1.24 bits per heavy atom. The van der Waals surface area contributed by atoms with E-state index in [-0.39, 0.29) is 12.0 Å². The number of aliphatic hydroxyl groups excluding tert-OH is 1. The van der Waals surface area contributed by atoms with E-state index < -0.39 is 0 Å². The van der Waals surface area contributed by atoms with Crippen molar-refractivity contribution < 1.29 is 14.6 Å². The van der Waals surface area contributed by atoms with E-state index in [9.17, 15) is 5.11 Å². The lowest BCUT2D eigenvalue weighted by Crippen LogP contribution is -2.21. The first-order chi connectivity index (χ1) is 8.19. The highest BCUT2D eigenvalue weighted by atomic mass is 16.5. The van der Waals surface area contributed by atoms with E-state index in [2.05, 4.69) is 0 Å². The normalized spacial score (nSPS) is 14.4. The van der Waals surface area contributed by atoms with Crippen molar-refractivity contribution in [2.24, 2.45) is 5.92 Å². The van der Waals surface area contributed by atoms with Gasteiger partial charge in [-0.05, 0) is 24.0 Å². The molecule has 0 aromatic heterocycles. The van der Waals surface area contributed by atoms with Crippen molar-refractivity contribution in [1.29, 1.82) is 0 Å². The molecule has 0 aliphatic rings. The third-order valence-electron chi connectivity index (χ3n) is 3.06. The van der Waals surface area contributed by atoms with Crippen LogP contribution in [0.2, 0.25) is 0 Å². The van der Waals surface area contributed by atoms with Gasteiger partial charge in [-0.25, -0.2) is 0 Å². The number of ether oxygens (including phenoxy) is 2. The lowest BCUT2D eigenvalue weighted by atomic mass is 9.95. The van der Waals surface area contributed by atoms with E-state index in [1.54, 1.807) is 14.2 Å². The van der Waals surface area contributed by atoms with Gasteiger partial charge in [0, 0.05) is 20.1 Å². The van der Waals surface area contributed by atoms with Crippen LogP contribution in [-0.4, -0.2) is 32.0 Å². The molecule has 0 spiro atoms. The summed E-state index contributed by atoms with van der Waals surface area (Å²) in [4.78, 5) is 0. The summed E-state index contributed by atoms with van der Waals surface area (Å²) in [5.74, 6) is 1.06.